The zero-order valence-electron chi connectivity index (χ0n) is 11.7. The van der Waals surface area contributed by atoms with E-state index in [9.17, 15) is 4.79 Å². The second kappa shape index (κ2) is 8.02. The molecule has 1 unspecified atom stereocenters. The number of nitrogens with two attached hydrogens (primary N) is 1. The van der Waals surface area contributed by atoms with Crippen LogP contribution in [0.3, 0.4) is 0 Å². The van der Waals surface area contributed by atoms with E-state index >= 15 is 0 Å². The maximum atomic E-state index is 11.6. The molecule has 0 spiro atoms. The summed E-state index contributed by atoms with van der Waals surface area (Å²) in [5, 5.41) is 8.89. The average Bonchev–Trinajstić information content (AvgIpc) is 2.47. The molecule has 0 bridgehead atoms. The van der Waals surface area contributed by atoms with Gasteiger partial charge in [-0.2, -0.15) is 5.26 Å². The van der Waals surface area contributed by atoms with Crippen molar-refractivity contribution in [3.63, 3.8) is 0 Å². The SMILES string of the molecule is CCCC(Oc1ccc(C#N)cc1OCC)C(=O)NN. The van der Waals surface area contributed by atoms with Crippen molar-refractivity contribution in [2.24, 2.45) is 5.84 Å². The van der Waals surface area contributed by atoms with Crippen LogP contribution in [-0.2, 0) is 4.79 Å². The summed E-state index contributed by atoms with van der Waals surface area (Å²) < 4.78 is 11.1. The quantitative estimate of drug-likeness (QED) is 0.447. The van der Waals surface area contributed by atoms with Gasteiger partial charge in [-0.25, -0.2) is 5.84 Å². The predicted octanol–water partition coefficient (Wildman–Crippen LogP) is 1.49. The van der Waals surface area contributed by atoms with Crippen LogP contribution < -0.4 is 20.7 Å². The van der Waals surface area contributed by atoms with Gasteiger partial charge in [-0.15, -0.1) is 0 Å². The Labute approximate surface area is 118 Å². The zero-order chi connectivity index (χ0) is 15.0. The molecule has 0 fully saturated rings. The van der Waals surface area contributed by atoms with Gasteiger partial charge in [-0.1, -0.05) is 13.3 Å². The van der Waals surface area contributed by atoms with Crippen molar-refractivity contribution < 1.29 is 14.3 Å². The van der Waals surface area contributed by atoms with E-state index in [-0.39, 0.29) is 0 Å². The molecule has 0 saturated carbocycles. The normalized spacial score (nSPS) is 11.3. The first-order valence-electron chi connectivity index (χ1n) is 6.50. The van der Waals surface area contributed by atoms with Gasteiger partial charge in [0, 0.05) is 6.07 Å². The number of nitrogens with zero attached hydrogens (tertiary/aromatic N) is 1. The van der Waals surface area contributed by atoms with Crippen molar-refractivity contribution in [3.05, 3.63) is 23.8 Å². The van der Waals surface area contributed by atoms with Crippen LogP contribution in [0.25, 0.3) is 0 Å². The highest BCUT2D eigenvalue weighted by Gasteiger charge is 2.20. The van der Waals surface area contributed by atoms with Gasteiger partial charge in [-0.3, -0.25) is 10.2 Å². The van der Waals surface area contributed by atoms with Gasteiger partial charge in [0.1, 0.15) is 0 Å². The summed E-state index contributed by atoms with van der Waals surface area (Å²) in [4.78, 5) is 11.6. The number of nitrogens with one attached hydrogen (secondary N) is 1. The summed E-state index contributed by atoms with van der Waals surface area (Å²) in [5.41, 5.74) is 2.56. The highest BCUT2D eigenvalue weighted by Crippen LogP contribution is 2.29. The molecule has 1 rings (SSSR count). The lowest BCUT2D eigenvalue weighted by atomic mass is 10.2. The molecule has 1 aromatic rings. The van der Waals surface area contributed by atoms with Crippen molar-refractivity contribution in [3.8, 4) is 17.6 Å². The summed E-state index contributed by atoms with van der Waals surface area (Å²) in [6, 6.07) is 6.85. The summed E-state index contributed by atoms with van der Waals surface area (Å²) in [6.07, 6.45) is 0.629. The smallest absolute Gasteiger partial charge is 0.274 e. The van der Waals surface area contributed by atoms with E-state index < -0.39 is 12.0 Å². The number of hydrazine groups is 1. The van der Waals surface area contributed by atoms with Crippen LogP contribution >= 0.6 is 0 Å². The van der Waals surface area contributed by atoms with E-state index in [2.05, 4.69) is 5.43 Å². The third kappa shape index (κ3) is 4.14. The lowest BCUT2D eigenvalue weighted by Crippen LogP contribution is -2.42. The van der Waals surface area contributed by atoms with E-state index in [4.69, 9.17) is 20.6 Å². The molecule has 0 aromatic heterocycles. The Kier molecular flexibility index (Phi) is 6.33. The fourth-order valence-corrected chi connectivity index (χ4v) is 1.70. The highest BCUT2D eigenvalue weighted by molar-refractivity contribution is 5.80. The Balaban J connectivity index is 2.99. The van der Waals surface area contributed by atoms with E-state index in [1.807, 2.05) is 19.9 Å². The third-order valence-corrected chi connectivity index (χ3v) is 2.63. The van der Waals surface area contributed by atoms with Crippen LogP contribution in [0.1, 0.15) is 32.3 Å². The second-order valence-corrected chi connectivity index (χ2v) is 4.11. The van der Waals surface area contributed by atoms with Gasteiger partial charge in [-0.05, 0) is 25.5 Å². The maximum absolute atomic E-state index is 11.6. The van der Waals surface area contributed by atoms with Gasteiger partial charge in [0.15, 0.2) is 17.6 Å². The molecule has 1 aromatic carbocycles. The Morgan fingerprint density at radius 3 is 2.75 bits per heavy atom. The van der Waals surface area contributed by atoms with Gasteiger partial charge < -0.3 is 9.47 Å². The second-order valence-electron chi connectivity index (χ2n) is 4.11. The van der Waals surface area contributed by atoms with Crippen LogP contribution in [0, 0.1) is 11.3 Å². The summed E-state index contributed by atoms with van der Waals surface area (Å²) in [5.74, 6) is 5.62. The number of carbonyl (C=O) groups excluding carboxylic acids is 1. The monoisotopic (exact) mass is 277 g/mol. The molecule has 0 heterocycles. The van der Waals surface area contributed by atoms with Gasteiger partial charge in [0.2, 0.25) is 0 Å². The van der Waals surface area contributed by atoms with Crippen LogP contribution in [0.15, 0.2) is 18.2 Å². The predicted molar refractivity (Wildman–Crippen MR) is 74.0 cm³/mol. The first-order valence-corrected chi connectivity index (χ1v) is 6.50. The minimum Gasteiger partial charge on any atom is -0.490 e. The molecular formula is C14H19N3O3. The van der Waals surface area contributed by atoms with E-state index in [1.54, 1.807) is 18.2 Å². The minimum atomic E-state index is -0.683. The molecule has 6 heteroatoms. The molecule has 20 heavy (non-hydrogen) atoms. The number of rotatable bonds is 7. The molecule has 1 atom stereocenters. The number of hydrogen-bond donors (Lipinski definition) is 2. The molecule has 0 aliphatic rings. The molecule has 0 aliphatic carbocycles. The maximum Gasteiger partial charge on any atom is 0.274 e. The van der Waals surface area contributed by atoms with Crippen molar-refractivity contribution >= 4 is 5.91 Å². The molecule has 108 valence electrons. The van der Waals surface area contributed by atoms with Gasteiger partial charge in [0.05, 0.1) is 18.2 Å². The topological polar surface area (TPSA) is 97.4 Å². The zero-order valence-corrected chi connectivity index (χ0v) is 11.7. The van der Waals surface area contributed by atoms with E-state index in [0.29, 0.717) is 30.1 Å². The number of carbonyl (C=O) groups is 1. The molecular weight excluding hydrogens is 258 g/mol. The number of hydrogen-bond acceptors (Lipinski definition) is 5. The van der Waals surface area contributed by atoms with Crippen LogP contribution in [0.2, 0.25) is 0 Å². The number of nitriles is 1. The lowest BCUT2D eigenvalue weighted by molar-refractivity contribution is -0.128. The lowest BCUT2D eigenvalue weighted by Gasteiger charge is -2.19. The van der Waals surface area contributed by atoms with Crippen molar-refractivity contribution in [2.75, 3.05) is 6.61 Å². The number of ether oxygens (including phenoxy) is 2. The van der Waals surface area contributed by atoms with E-state index in [0.717, 1.165) is 6.42 Å². The largest absolute Gasteiger partial charge is 0.490 e. The molecule has 3 N–H and O–H groups in total. The van der Waals surface area contributed by atoms with Crippen molar-refractivity contribution in [1.82, 2.24) is 5.43 Å². The summed E-state index contributed by atoms with van der Waals surface area (Å²) in [6.45, 7) is 4.22. The molecule has 0 aliphatic heterocycles. The number of benzene rings is 1. The minimum absolute atomic E-state index is 0.390. The Bertz CT molecular complexity index is 497. The van der Waals surface area contributed by atoms with Gasteiger partial charge >= 0.3 is 0 Å². The average molecular weight is 277 g/mol. The van der Waals surface area contributed by atoms with Crippen molar-refractivity contribution in [2.45, 2.75) is 32.8 Å². The summed E-state index contributed by atoms with van der Waals surface area (Å²) >= 11 is 0. The fourth-order valence-electron chi connectivity index (χ4n) is 1.70. The van der Waals surface area contributed by atoms with Gasteiger partial charge in [0.25, 0.3) is 5.91 Å². The first kappa shape index (κ1) is 15.8. The molecule has 0 radical (unpaired) electrons. The number of amides is 1. The molecule has 1 amide bonds. The van der Waals surface area contributed by atoms with Crippen molar-refractivity contribution in [1.29, 1.82) is 5.26 Å². The third-order valence-electron chi connectivity index (χ3n) is 2.63. The summed E-state index contributed by atoms with van der Waals surface area (Å²) in [7, 11) is 0. The fraction of sp³-hybridized carbons (Fsp3) is 0.429. The van der Waals surface area contributed by atoms with Crippen LogP contribution in [-0.4, -0.2) is 18.6 Å². The Morgan fingerprint density at radius 1 is 1.45 bits per heavy atom. The first-order chi connectivity index (χ1) is 9.65. The van der Waals surface area contributed by atoms with Crippen LogP contribution in [0.5, 0.6) is 11.5 Å². The Morgan fingerprint density at radius 2 is 2.20 bits per heavy atom. The van der Waals surface area contributed by atoms with E-state index in [1.165, 1.54) is 0 Å². The Hall–Kier alpha value is -2.26. The molecule has 0 saturated heterocycles. The molecule has 6 nitrogen and oxygen atoms in total. The standard InChI is InChI=1S/C14H19N3O3/c1-3-5-12(14(18)17-16)20-11-7-6-10(9-15)8-13(11)19-4-2/h6-8,12H,3-5,16H2,1-2H3,(H,17,18). The highest BCUT2D eigenvalue weighted by atomic mass is 16.5. The van der Waals surface area contributed by atoms with Crippen LogP contribution in [0.4, 0.5) is 0 Å².